The maximum Gasteiger partial charge on any atom is 0.251 e. The Morgan fingerprint density at radius 2 is 2.22 bits per heavy atom. The highest BCUT2D eigenvalue weighted by Gasteiger charge is 2.20. The molecule has 1 amide bonds. The van der Waals surface area contributed by atoms with Gasteiger partial charge in [-0.2, -0.15) is 0 Å². The second-order valence-corrected chi connectivity index (χ2v) is 4.62. The molecule has 0 aliphatic carbocycles. The van der Waals surface area contributed by atoms with Crippen LogP contribution in [0.4, 0.5) is 0 Å². The van der Waals surface area contributed by atoms with E-state index in [2.05, 4.69) is 10.3 Å². The first-order valence-corrected chi connectivity index (χ1v) is 5.70. The second-order valence-electron chi connectivity index (χ2n) is 4.62. The van der Waals surface area contributed by atoms with Gasteiger partial charge in [0, 0.05) is 29.2 Å². The number of hydrogen-bond acceptors (Lipinski definition) is 3. The molecule has 0 aliphatic rings. The van der Waals surface area contributed by atoms with Crippen molar-refractivity contribution in [3.05, 3.63) is 36.0 Å². The summed E-state index contributed by atoms with van der Waals surface area (Å²) in [6.45, 7) is 1.07. The molecule has 96 valence electrons. The molecule has 1 aromatic carbocycles. The summed E-state index contributed by atoms with van der Waals surface area (Å²) in [5.41, 5.74) is 0.193. The van der Waals surface area contributed by atoms with Crippen molar-refractivity contribution < 1.29 is 15.0 Å². The molecule has 0 aliphatic heterocycles. The zero-order valence-electron chi connectivity index (χ0n) is 10.1. The average Bonchev–Trinajstić information content (AvgIpc) is 2.83. The van der Waals surface area contributed by atoms with Gasteiger partial charge in [0.05, 0.1) is 6.61 Å². The molecule has 0 saturated carbocycles. The van der Waals surface area contributed by atoms with Crippen molar-refractivity contribution in [1.29, 1.82) is 0 Å². The molecule has 1 unspecified atom stereocenters. The number of nitrogens with one attached hydrogen (secondary N) is 2. The summed E-state index contributed by atoms with van der Waals surface area (Å²) in [4.78, 5) is 14.9. The summed E-state index contributed by atoms with van der Waals surface area (Å²) in [5, 5.41) is 22.0. The molecule has 0 saturated heterocycles. The molecule has 4 N–H and O–H groups in total. The Bertz CT molecular complexity index is 560. The van der Waals surface area contributed by atoms with E-state index in [9.17, 15) is 9.90 Å². The van der Waals surface area contributed by atoms with Crippen molar-refractivity contribution in [3.8, 4) is 0 Å². The standard InChI is InChI=1S/C13H16N2O3/c1-13(18,8-16)7-15-12(17)10-2-3-11-9(6-10)4-5-14-11/h2-6,14,16,18H,7-8H2,1H3,(H,15,17). The Balaban J connectivity index is 2.08. The van der Waals surface area contributed by atoms with E-state index in [1.165, 1.54) is 6.92 Å². The van der Waals surface area contributed by atoms with E-state index in [0.717, 1.165) is 10.9 Å². The average molecular weight is 248 g/mol. The number of amides is 1. The zero-order chi connectivity index (χ0) is 13.2. The van der Waals surface area contributed by atoms with Gasteiger partial charge in [-0.05, 0) is 31.2 Å². The molecule has 1 heterocycles. The Morgan fingerprint density at radius 1 is 1.44 bits per heavy atom. The largest absolute Gasteiger partial charge is 0.393 e. The van der Waals surface area contributed by atoms with E-state index in [0.29, 0.717) is 5.56 Å². The second kappa shape index (κ2) is 4.80. The van der Waals surface area contributed by atoms with Gasteiger partial charge < -0.3 is 20.5 Å². The van der Waals surface area contributed by atoms with Gasteiger partial charge in [0.15, 0.2) is 0 Å². The fourth-order valence-corrected chi connectivity index (χ4v) is 1.62. The Labute approximate surface area is 104 Å². The molecular formula is C13H16N2O3. The maximum absolute atomic E-state index is 11.9. The summed E-state index contributed by atoms with van der Waals surface area (Å²) < 4.78 is 0. The number of aliphatic hydroxyl groups excluding tert-OH is 1. The monoisotopic (exact) mass is 248 g/mol. The zero-order valence-corrected chi connectivity index (χ0v) is 10.1. The van der Waals surface area contributed by atoms with E-state index in [1.807, 2.05) is 18.3 Å². The van der Waals surface area contributed by atoms with E-state index in [4.69, 9.17) is 5.11 Å². The molecule has 5 heteroatoms. The number of rotatable bonds is 4. The van der Waals surface area contributed by atoms with Crippen LogP contribution in [0.15, 0.2) is 30.5 Å². The molecule has 0 radical (unpaired) electrons. The van der Waals surface area contributed by atoms with E-state index in [-0.39, 0.29) is 12.5 Å². The highest BCUT2D eigenvalue weighted by atomic mass is 16.3. The minimum absolute atomic E-state index is 0.00745. The van der Waals surface area contributed by atoms with Crippen LogP contribution in [0.1, 0.15) is 17.3 Å². The highest BCUT2D eigenvalue weighted by molar-refractivity contribution is 5.98. The fourth-order valence-electron chi connectivity index (χ4n) is 1.62. The van der Waals surface area contributed by atoms with Crippen molar-refractivity contribution in [2.75, 3.05) is 13.2 Å². The normalized spacial score (nSPS) is 14.4. The summed E-state index contributed by atoms with van der Waals surface area (Å²) in [6.07, 6.45) is 1.81. The number of aromatic nitrogens is 1. The molecule has 5 nitrogen and oxygen atoms in total. The summed E-state index contributed by atoms with van der Waals surface area (Å²) in [7, 11) is 0. The molecular weight excluding hydrogens is 232 g/mol. The first kappa shape index (κ1) is 12.6. The quantitative estimate of drug-likeness (QED) is 0.640. The number of carbonyl (C=O) groups is 1. The maximum atomic E-state index is 11.9. The predicted molar refractivity (Wildman–Crippen MR) is 68.3 cm³/mol. The van der Waals surface area contributed by atoms with Crippen molar-refractivity contribution in [3.63, 3.8) is 0 Å². The van der Waals surface area contributed by atoms with Gasteiger partial charge in [0.2, 0.25) is 0 Å². The first-order valence-electron chi connectivity index (χ1n) is 5.70. The lowest BCUT2D eigenvalue weighted by Gasteiger charge is -2.20. The van der Waals surface area contributed by atoms with Gasteiger partial charge in [-0.25, -0.2) is 0 Å². The third-order valence-corrected chi connectivity index (χ3v) is 2.79. The van der Waals surface area contributed by atoms with Gasteiger partial charge in [-0.1, -0.05) is 0 Å². The van der Waals surface area contributed by atoms with Crippen LogP contribution >= 0.6 is 0 Å². The van der Waals surface area contributed by atoms with Gasteiger partial charge in [0.25, 0.3) is 5.91 Å². The molecule has 0 bridgehead atoms. The van der Waals surface area contributed by atoms with Crippen molar-refractivity contribution in [2.45, 2.75) is 12.5 Å². The molecule has 18 heavy (non-hydrogen) atoms. The van der Waals surface area contributed by atoms with Crippen LogP contribution in [0, 0.1) is 0 Å². The number of hydrogen-bond donors (Lipinski definition) is 4. The van der Waals surface area contributed by atoms with Crippen molar-refractivity contribution in [2.24, 2.45) is 0 Å². The minimum Gasteiger partial charge on any atom is -0.393 e. The van der Waals surface area contributed by atoms with Crippen molar-refractivity contribution in [1.82, 2.24) is 10.3 Å². The van der Waals surface area contributed by atoms with Crippen LogP contribution in [0.5, 0.6) is 0 Å². The summed E-state index contributed by atoms with van der Waals surface area (Å²) in [5.74, 6) is -0.271. The molecule has 2 aromatic rings. The summed E-state index contributed by atoms with van der Waals surface area (Å²) in [6, 6.07) is 7.20. The summed E-state index contributed by atoms with van der Waals surface area (Å²) >= 11 is 0. The van der Waals surface area contributed by atoms with Crippen LogP contribution in [-0.2, 0) is 0 Å². The Kier molecular flexibility index (Phi) is 3.36. The smallest absolute Gasteiger partial charge is 0.251 e. The van der Waals surface area contributed by atoms with Crippen LogP contribution in [-0.4, -0.2) is 39.9 Å². The molecule has 0 fully saturated rings. The van der Waals surface area contributed by atoms with Crippen LogP contribution in [0.2, 0.25) is 0 Å². The number of fused-ring (bicyclic) bond motifs is 1. The number of benzene rings is 1. The number of H-pyrrole nitrogens is 1. The topological polar surface area (TPSA) is 85.3 Å². The lowest BCUT2D eigenvalue weighted by Crippen LogP contribution is -2.43. The van der Waals surface area contributed by atoms with Gasteiger partial charge in [-0.3, -0.25) is 4.79 Å². The predicted octanol–water partition coefficient (Wildman–Crippen LogP) is 0.641. The lowest BCUT2D eigenvalue weighted by molar-refractivity contribution is 0.00320. The SMILES string of the molecule is CC(O)(CO)CNC(=O)c1ccc2[nH]ccc2c1. The van der Waals surface area contributed by atoms with Crippen LogP contribution in [0.25, 0.3) is 10.9 Å². The minimum atomic E-state index is -1.30. The van der Waals surface area contributed by atoms with E-state index < -0.39 is 12.2 Å². The number of aromatic amines is 1. The highest BCUT2D eigenvalue weighted by Crippen LogP contribution is 2.14. The van der Waals surface area contributed by atoms with E-state index >= 15 is 0 Å². The lowest BCUT2D eigenvalue weighted by atomic mass is 10.1. The first-order chi connectivity index (χ1) is 8.52. The molecule has 1 atom stereocenters. The van der Waals surface area contributed by atoms with Gasteiger partial charge in [0.1, 0.15) is 5.60 Å². The van der Waals surface area contributed by atoms with Crippen molar-refractivity contribution >= 4 is 16.8 Å². The van der Waals surface area contributed by atoms with Gasteiger partial charge in [-0.15, -0.1) is 0 Å². The third-order valence-electron chi connectivity index (χ3n) is 2.79. The van der Waals surface area contributed by atoms with Crippen LogP contribution < -0.4 is 5.32 Å². The number of aliphatic hydroxyl groups is 2. The number of carbonyl (C=O) groups excluding carboxylic acids is 1. The van der Waals surface area contributed by atoms with Crippen LogP contribution in [0.3, 0.4) is 0 Å². The van der Waals surface area contributed by atoms with E-state index in [1.54, 1.807) is 12.1 Å². The molecule has 2 rings (SSSR count). The Morgan fingerprint density at radius 3 is 2.94 bits per heavy atom. The Hall–Kier alpha value is -1.85. The fraction of sp³-hybridized carbons (Fsp3) is 0.308. The molecule has 1 aromatic heterocycles. The molecule has 0 spiro atoms. The van der Waals surface area contributed by atoms with Gasteiger partial charge >= 0.3 is 0 Å². The third kappa shape index (κ3) is 2.69.